The Labute approximate surface area is 135 Å². The third kappa shape index (κ3) is 2.63. The Hall–Kier alpha value is -2.18. The second-order valence-electron chi connectivity index (χ2n) is 4.94. The Morgan fingerprint density at radius 3 is 2.32 bits per heavy atom. The molecular formula is C16H13BrN2O3. The minimum atomic E-state index is -0.904. The molecule has 1 heterocycles. The van der Waals surface area contributed by atoms with Crippen molar-refractivity contribution in [3.8, 4) is 0 Å². The summed E-state index contributed by atoms with van der Waals surface area (Å²) < 4.78 is 0.861. The fourth-order valence-electron chi connectivity index (χ4n) is 2.43. The van der Waals surface area contributed by atoms with E-state index in [9.17, 15) is 14.8 Å². The summed E-state index contributed by atoms with van der Waals surface area (Å²) in [6, 6.07) is 14.7. The topological polar surface area (TPSA) is 60.9 Å². The average Bonchev–Trinajstić information content (AvgIpc) is 2.83. The van der Waals surface area contributed by atoms with E-state index in [0.717, 1.165) is 14.4 Å². The van der Waals surface area contributed by atoms with E-state index in [4.69, 9.17) is 0 Å². The number of rotatable bonds is 3. The number of hydrogen-bond donors (Lipinski definition) is 1. The molecule has 0 spiro atoms. The molecule has 0 bridgehead atoms. The predicted octanol–water partition coefficient (Wildman–Crippen LogP) is 2.98. The molecule has 0 radical (unpaired) electrons. The van der Waals surface area contributed by atoms with E-state index in [0.29, 0.717) is 11.4 Å². The van der Waals surface area contributed by atoms with E-state index in [2.05, 4.69) is 15.9 Å². The summed E-state index contributed by atoms with van der Waals surface area (Å²) in [4.78, 5) is 25.8. The Morgan fingerprint density at radius 2 is 1.68 bits per heavy atom. The van der Waals surface area contributed by atoms with E-state index < -0.39 is 11.9 Å². The molecule has 2 aromatic carbocycles. The molecule has 0 aliphatic carbocycles. The predicted molar refractivity (Wildman–Crippen MR) is 85.7 cm³/mol. The number of nitrogens with zero attached hydrogens (tertiary/aromatic N) is 2. The molecule has 5 nitrogen and oxygen atoms in total. The van der Waals surface area contributed by atoms with Crippen molar-refractivity contribution in [2.45, 2.75) is 12.5 Å². The zero-order valence-electron chi connectivity index (χ0n) is 11.5. The molecule has 22 heavy (non-hydrogen) atoms. The van der Waals surface area contributed by atoms with Crippen LogP contribution in [0.3, 0.4) is 0 Å². The molecule has 2 aromatic rings. The number of hydroxylamine groups is 1. The highest BCUT2D eigenvalue weighted by Crippen LogP contribution is 2.28. The third-order valence-electron chi connectivity index (χ3n) is 3.52. The van der Waals surface area contributed by atoms with Gasteiger partial charge in [-0.3, -0.25) is 14.8 Å². The molecule has 1 N–H and O–H groups in total. The molecule has 1 fully saturated rings. The van der Waals surface area contributed by atoms with Crippen LogP contribution in [-0.4, -0.2) is 23.1 Å². The van der Waals surface area contributed by atoms with Crippen molar-refractivity contribution in [3.05, 3.63) is 59.1 Å². The molecule has 1 saturated heterocycles. The molecular weight excluding hydrogens is 348 g/mol. The number of benzene rings is 2. The summed E-state index contributed by atoms with van der Waals surface area (Å²) in [6.07, 6.45) is -0.0553. The van der Waals surface area contributed by atoms with Crippen LogP contribution in [0.2, 0.25) is 0 Å². The lowest BCUT2D eigenvalue weighted by Crippen LogP contribution is -2.40. The molecule has 6 heteroatoms. The SMILES string of the molecule is O=C1CC(N(O)c2ccccc2)C(=O)N1c1ccc(Br)cc1. The lowest BCUT2D eigenvalue weighted by Gasteiger charge is -2.22. The molecule has 3 rings (SSSR count). The van der Waals surface area contributed by atoms with Crippen LogP contribution in [-0.2, 0) is 9.59 Å². The first-order valence-electron chi connectivity index (χ1n) is 6.73. The van der Waals surface area contributed by atoms with Crippen LogP contribution in [0.15, 0.2) is 59.1 Å². The standard InChI is InChI=1S/C16H13BrN2O3/c17-11-6-8-12(9-7-11)18-15(20)10-14(16(18)21)19(22)13-4-2-1-3-5-13/h1-9,14,22H,10H2. The Bertz CT molecular complexity index is 703. The van der Waals surface area contributed by atoms with Crippen LogP contribution in [0.1, 0.15) is 6.42 Å². The first kappa shape index (κ1) is 14.7. The zero-order chi connectivity index (χ0) is 15.7. The summed E-state index contributed by atoms with van der Waals surface area (Å²) in [5.74, 6) is -0.758. The fourth-order valence-corrected chi connectivity index (χ4v) is 2.69. The maximum Gasteiger partial charge on any atom is 0.259 e. The van der Waals surface area contributed by atoms with Crippen molar-refractivity contribution in [2.75, 3.05) is 9.96 Å². The van der Waals surface area contributed by atoms with Crippen LogP contribution in [0, 0.1) is 0 Å². The van der Waals surface area contributed by atoms with Crippen molar-refractivity contribution in [1.82, 2.24) is 0 Å². The highest BCUT2D eigenvalue weighted by molar-refractivity contribution is 9.10. The van der Waals surface area contributed by atoms with Crippen molar-refractivity contribution >= 4 is 39.1 Å². The number of carbonyl (C=O) groups excluding carboxylic acids is 2. The van der Waals surface area contributed by atoms with Gasteiger partial charge in [0.05, 0.1) is 17.8 Å². The monoisotopic (exact) mass is 360 g/mol. The highest BCUT2D eigenvalue weighted by atomic mass is 79.9. The summed E-state index contributed by atoms with van der Waals surface area (Å²) in [6.45, 7) is 0. The Morgan fingerprint density at radius 1 is 1.05 bits per heavy atom. The Kier molecular flexibility index (Phi) is 3.96. The molecule has 112 valence electrons. The van der Waals surface area contributed by atoms with E-state index in [-0.39, 0.29) is 12.3 Å². The number of anilines is 2. The van der Waals surface area contributed by atoms with E-state index in [1.165, 1.54) is 0 Å². The number of imide groups is 1. The number of para-hydroxylation sites is 1. The van der Waals surface area contributed by atoms with Gasteiger partial charge >= 0.3 is 0 Å². The van der Waals surface area contributed by atoms with Gasteiger partial charge in [-0.05, 0) is 36.4 Å². The average molecular weight is 361 g/mol. The summed E-state index contributed by atoms with van der Waals surface area (Å²) >= 11 is 3.31. The normalized spacial score (nSPS) is 17.9. The van der Waals surface area contributed by atoms with E-state index >= 15 is 0 Å². The summed E-state index contributed by atoms with van der Waals surface area (Å²) in [7, 11) is 0. The fraction of sp³-hybridized carbons (Fsp3) is 0.125. The summed E-state index contributed by atoms with van der Waals surface area (Å²) in [5, 5.41) is 11.1. The molecule has 1 aliphatic heterocycles. The van der Waals surface area contributed by atoms with Crippen LogP contribution in [0.4, 0.5) is 11.4 Å². The van der Waals surface area contributed by atoms with Gasteiger partial charge in [0, 0.05) is 4.47 Å². The maximum atomic E-state index is 12.5. The molecule has 1 unspecified atom stereocenters. The second kappa shape index (κ2) is 5.90. The second-order valence-corrected chi connectivity index (χ2v) is 5.86. The lowest BCUT2D eigenvalue weighted by molar-refractivity contribution is -0.121. The van der Waals surface area contributed by atoms with Gasteiger partial charge in [-0.2, -0.15) is 0 Å². The van der Waals surface area contributed by atoms with Crippen LogP contribution in [0.25, 0.3) is 0 Å². The molecule has 0 saturated carbocycles. The van der Waals surface area contributed by atoms with Crippen molar-refractivity contribution in [1.29, 1.82) is 0 Å². The number of amides is 2. The Balaban J connectivity index is 1.87. The molecule has 1 atom stereocenters. The minimum absolute atomic E-state index is 0.0553. The zero-order valence-corrected chi connectivity index (χ0v) is 13.1. The quantitative estimate of drug-likeness (QED) is 0.675. The minimum Gasteiger partial charge on any atom is -0.288 e. The van der Waals surface area contributed by atoms with Gasteiger partial charge in [-0.25, -0.2) is 9.96 Å². The molecule has 1 aliphatic rings. The van der Waals surface area contributed by atoms with Gasteiger partial charge in [-0.15, -0.1) is 0 Å². The number of halogens is 1. The van der Waals surface area contributed by atoms with Gasteiger partial charge in [0.1, 0.15) is 6.04 Å². The smallest absolute Gasteiger partial charge is 0.259 e. The van der Waals surface area contributed by atoms with Crippen LogP contribution >= 0.6 is 15.9 Å². The van der Waals surface area contributed by atoms with Gasteiger partial charge in [0.2, 0.25) is 5.91 Å². The van der Waals surface area contributed by atoms with Crippen LogP contribution in [0.5, 0.6) is 0 Å². The van der Waals surface area contributed by atoms with Crippen molar-refractivity contribution < 1.29 is 14.8 Å². The number of hydrogen-bond acceptors (Lipinski definition) is 4. The van der Waals surface area contributed by atoms with Gasteiger partial charge in [0.15, 0.2) is 0 Å². The van der Waals surface area contributed by atoms with E-state index in [1.807, 2.05) is 6.07 Å². The van der Waals surface area contributed by atoms with Crippen molar-refractivity contribution in [3.63, 3.8) is 0 Å². The van der Waals surface area contributed by atoms with Crippen molar-refractivity contribution in [2.24, 2.45) is 0 Å². The first-order chi connectivity index (χ1) is 10.6. The van der Waals surface area contributed by atoms with Gasteiger partial charge in [-0.1, -0.05) is 34.1 Å². The largest absolute Gasteiger partial charge is 0.288 e. The van der Waals surface area contributed by atoms with Gasteiger partial charge in [0.25, 0.3) is 5.91 Å². The van der Waals surface area contributed by atoms with Crippen LogP contribution < -0.4 is 9.96 Å². The van der Waals surface area contributed by atoms with E-state index in [1.54, 1.807) is 48.5 Å². The molecule has 0 aromatic heterocycles. The number of carbonyl (C=O) groups is 2. The lowest BCUT2D eigenvalue weighted by atomic mass is 10.2. The molecule has 2 amide bonds. The van der Waals surface area contributed by atoms with Gasteiger partial charge < -0.3 is 0 Å². The highest BCUT2D eigenvalue weighted by Gasteiger charge is 2.43. The third-order valence-corrected chi connectivity index (χ3v) is 4.05. The first-order valence-corrected chi connectivity index (χ1v) is 7.53. The summed E-state index contributed by atoms with van der Waals surface area (Å²) in [5.41, 5.74) is 0.980. The maximum absolute atomic E-state index is 12.5.